The number of nitro benzene ring substituents is 1. The highest BCUT2D eigenvalue weighted by Crippen LogP contribution is 2.30. The lowest BCUT2D eigenvalue weighted by Gasteiger charge is -2.07. The third-order valence-electron chi connectivity index (χ3n) is 2.79. The van der Waals surface area contributed by atoms with Crippen molar-refractivity contribution in [2.75, 3.05) is 5.75 Å². The molecule has 2 rings (SSSR count). The highest BCUT2D eigenvalue weighted by Gasteiger charge is 2.25. The summed E-state index contributed by atoms with van der Waals surface area (Å²) in [6, 6.07) is 7.12. The average Bonchev–Trinajstić information content (AvgIpc) is 2.76. The SMILES string of the molecule is CC(C)CC1CSC(c2ccccc2[N+](=O)[O-])=N1. The van der Waals surface area contributed by atoms with E-state index in [2.05, 4.69) is 18.8 Å². The minimum Gasteiger partial charge on any atom is -0.273 e. The van der Waals surface area contributed by atoms with Crippen LogP contribution in [0.1, 0.15) is 25.8 Å². The normalized spacial score (nSPS) is 19.1. The fourth-order valence-corrected chi connectivity index (χ4v) is 3.15. The molecule has 0 spiro atoms. The Bertz CT molecular complexity index is 486. The van der Waals surface area contributed by atoms with E-state index in [9.17, 15) is 10.1 Å². The summed E-state index contributed by atoms with van der Waals surface area (Å²) in [4.78, 5) is 15.3. The predicted octanol–water partition coefficient (Wildman–Crippen LogP) is 3.50. The third kappa shape index (κ3) is 2.90. The van der Waals surface area contributed by atoms with Crippen molar-refractivity contribution in [2.45, 2.75) is 26.3 Å². The molecule has 1 heterocycles. The van der Waals surface area contributed by atoms with Gasteiger partial charge < -0.3 is 0 Å². The van der Waals surface area contributed by atoms with E-state index < -0.39 is 0 Å². The van der Waals surface area contributed by atoms with Crippen LogP contribution in [-0.4, -0.2) is 21.8 Å². The van der Waals surface area contributed by atoms with E-state index in [1.165, 1.54) is 6.07 Å². The fraction of sp³-hybridized carbons (Fsp3) is 0.462. The summed E-state index contributed by atoms with van der Waals surface area (Å²) in [5.41, 5.74) is 0.799. The Morgan fingerprint density at radius 3 is 2.89 bits per heavy atom. The van der Waals surface area contributed by atoms with Gasteiger partial charge in [0.05, 0.1) is 16.5 Å². The number of aliphatic imine (C=N–C) groups is 1. The zero-order valence-corrected chi connectivity index (χ0v) is 11.3. The van der Waals surface area contributed by atoms with Crippen molar-refractivity contribution in [3.8, 4) is 0 Å². The summed E-state index contributed by atoms with van der Waals surface area (Å²) < 4.78 is 0. The van der Waals surface area contributed by atoms with E-state index in [1.807, 2.05) is 6.07 Å². The number of nitrogens with zero attached hydrogens (tertiary/aromatic N) is 2. The average molecular weight is 264 g/mol. The minimum absolute atomic E-state index is 0.147. The molecule has 0 saturated heterocycles. The first-order valence-corrected chi connectivity index (χ1v) is 7.01. The number of hydrogen-bond donors (Lipinski definition) is 0. The summed E-state index contributed by atoms with van der Waals surface area (Å²) in [5, 5.41) is 11.8. The summed E-state index contributed by atoms with van der Waals surface area (Å²) >= 11 is 1.62. The fourth-order valence-electron chi connectivity index (χ4n) is 2.04. The molecule has 0 fully saturated rings. The number of rotatable bonds is 4. The van der Waals surface area contributed by atoms with Crippen molar-refractivity contribution < 1.29 is 4.92 Å². The predicted molar refractivity (Wildman–Crippen MR) is 75.3 cm³/mol. The quantitative estimate of drug-likeness (QED) is 0.617. The Kier molecular flexibility index (Phi) is 4.01. The molecular formula is C13H16N2O2S. The van der Waals surface area contributed by atoms with Crippen molar-refractivity contribution in [3.63, 3.8) is 0 Å². The van der Waals surface area contributed by atoms with Crippen LogP contribution in [-0.2, 0) is 0 Å². The number of hydrogen-bond acceptors (Lipinski definition) is 4. The summed E-state index contributed by atoms with van der Waals surface area (Å²) in [7, 11) is 0. The van der Waals surface area contributed by atoms with Crippen LogP contribution in [0.5, 0.6) is 0 Å². The Labute approximate surface area is 111 Å². The molecule has 1 unspecified atom stereocenters. The standard InChI is InChI=1S/C13H16N2O2S/c1-9(2)7-10-8-18-13(14-10)11-5-3-4-6-12(11)15(16)17/h3-6,9-10H,7-8H2,1-2H3. The monoisotopic (exact) mass is 264 g/mol. The topological polar surface area (TPSA) is 55.5 Å². The van der Waals surface area contributed by atoms with Crippen molar-refractivity contribution in [3.05, 3.63) is 39.9 Å². The first-order chi connectivity index (χ1) is 8.58. The van der Waals surface area contributed by atoms with E-state index in [0.29, 0.717) is 17.5 Å². The van der Waals surface area contributed by atoms with Gasteiger partial charge in [0.15, 0.2) is 0 Å². The molecule has 96 valence electrons. The Morgan fingerprint density at radius 2 is 2.22 bits per heavy atom. The van der Waals surface area contributed by atoms with Gasteiger partial charge in [-0.2, -0.15) is 0 Å². The minimum atomic E-state index is -0.339. The first-order valence-electron chi connectivity index (χ1n) is 6.02. The third-order valence-corrected chi connectivity index (χ3v) is 3.94. The first kappa shape index (κ1) is 13.1. The van der Waals surface area contributed by atoms with Crippen LogP contribution in [0, 0.1) is 16.0 Å². The van der Waals surface area contributed by atoms with Crippen molar-refractivity contribution in [1.82, 2.24) is 0 Å². The van der Waals surface area contributed by atoms with Gasteiger partial charge in [-0.15, -0.1) is 11.8 Å². The van der Waals surface area contributed by atoms with Crippen molar-refractivity contribution in [2.24, 2.45) is 10.9 Å². The molecule has 1 aromatic carbocycles. The number of benzene rings is 1. The second kappa shape index (κ2) is 5.52. The maximum atomic E-state index is 11.0. The Balaban J connectivity index is 2.25. The van der Waals surface area contributed by atoms with Gasteiger partial charge in [-0.25, -0.2) is 0 Å². The molecule has 0 amide bonds. The Morgan fingerprint density at radius 1 is 1.50 bits per heavy atom. The molecule has 1 aliphatic rings. The molecule has 0 aliphatic carbocycles. The maximum Gasteiger partial charge on any atom is 0.279 e. The van der Waals surface area contributed by atoms with E-state index in [4.69, 9.17) is 0 Å². The van der Waals surface area contributed by atoms with E-state index in [0.717, 1.165) is 17.2 Å². The second-order valence-corrected chi connectivity index (χ2v) is 5.81. The number of thioether (sulfide) groups is 1. The molecule has 0 radical (unpaired) electrons. The largest absolute Gasteiger partial charge is 0.279 e. The molecule has 1 aromatic rings. The van der Waals surface area contributed by atoms with Crippen LogP contribution in [0.4, 0.5) is 5.69 Å². The van der Waals surface area contributed by atoms with Crippen LogP contribution in [0.2, 0.25) is 0 Å². The maximum absolute atomic E-state index is 11.0. The highest BCUT2D eigenvalue weighted by molar-refractivity contribution is 8.14. The summed E-state index contributed by atoms with van der Waals surface area (Å²) in [6.07, 6.45) is 1.04. The van der Waals surface area contributed by atoms with E-state index >= 15 is 0 Å². The van der Waals surface area contributed by atoms with Crippen molar-refractivity contribution >= 4 is 22.5 Å². The van der Waals surface area contributed by atoms with E-state index in [-0.39, 0.29) is 10.6 Å². The molecule has 1 atom stereocenters. The van der Waals surface area contributed by atoms with Gasteiger partial charge in [0.2, 0.25) is 0 Å². The molecule has 0 bridgehead atoms. The lowest BCUT2D eigenvalue weighted by molar-refractivity contribution is -0.385. The number of para-hydroxylation sites is 1. The van der Waals surface area contributed by atoms with Gasteiger partial charge in [0.1, 0.15) is 5.04 Å². The van der Waals surface area contributed by atoms with Crippen LogP contribution in [0.25, 0.3) is 0 Å². The molecule has 18 heavy (non-hydrogen) atoms. The van der Waals surface area contributed by atoms with Gasteiger partial charge in [-0.1, -0.05) is 26.0 Å². The molecule has 0 N–H and O–H groups in total. The summed E-state index contributed by atoms with van der Waals surface area (Å²) in [6.45, 7) is 4.34. The lowest BCUT2D eigenvalue weighted by Crippen LogP contribution is -2.07. The molecule has 1 aliphatic heterocycles. The van der Waals surface area contributed by atoms with E-state index in [1.54, 1.807) is 23.9 Å². The smallest absolute Gasteiger partial charge is 0.273 e. The van der Waals surface area contributed by atoms with Gasteiger partial charge in [-0.05, 0) is 18.4 Å². The lowest BCUT2D eigenvalue weighted by atomic mass is 10.1. The van der Waals surface area contributed by atoms with Crippen LogP contribution in [0.3, 0.4) is 0 Å². The van der Waals surface area contributed by atoms with Gasteiger partial charge in [0.25, 0.3) is 5.69 Å². The van der Waals surface area contributed by atoms with Crippen molar-refractivity contribution in [1.29, 1.82) is 0 Å². The molecule has 0 saturated carbocycles. The summed E-state index contributed by atoms with van der Waals surface area (Å²) in [5.74, 6) is 1.53. The molecule has 4 nitrogen and oxygen atoms in total. The molecule has 0 aromatic heterocycles. The zero-order chi connectivity index (χ0) is 13.1. The Hall–Kier alpha value is -1.36. The van der Waals surface area contributed by atoms with Gasteiger partial charge in [0, 0.05) is 11.8 Å². The van der Waals surface area contributed by atoms with Crippen LogP contribution < -0.4 is 0 Å². The number of nitro groups is 1. The highest BCUT2D eigenvalue weighted by atomic mass is 32.2. The van der Waals surface area contributed by atoms with Gasteiger partial charge in [-0.3, -0.25) is 15.1 Å². The zero-order valence-electron chi connectivity index (χ0n) is 10.5. The molecule has 5 heteroatoms. The van der Waals surface area contributed by atoms with Gasteiger partial charge >= 0.3 is 0 Å². The van der Waals surface area contributed by atoms with Crippen LogP contribution >= 0.6 is 11.8 Å². The van der Waals surface area contributed by atoms with Crippen LogP contribution in [0.15, 0.2) is 29.3 Å². The molecular weight excluding hydrogens is 248 g/mol. The second-order valence-electron chi connectivity index (χ2n) is 4.80.